The number of rotatable bonds is 0. The molecule has 0 aromatic heterocycles. The molecule has 5 nitrogen and oxygen atoms in total. The number of Topliss-reactive ketones (excluding diaryl/α,β-unsaturated/α-hetero) is 2. The zero-order valence-corrected chi connectivity index (χ0v) is 21.2. The number of epoxide rings is 1. The van der Waals surface area contributed by atoms with E-state index in [0.29, 0.717) is 0 Å². The molecular weight excluding hydrogens is 463 g/mol. The number of allylic oxidation sites excluding steroid dienone is 5. The van der Waals surface area contributed by atoms with Gasteiger partial charge in [0.1, 0.15) is 12.0 Å². The van der Waals surface area contributed by atoms with Gasteiger partial charge in [0.25, 0.3) is 0 Å². The highest BCUT2D eigenvalue weighted by Gasteiger charge is 2.65. The molecule has 2 fully saturated rings. The summed E-state index contributed by atoms with van der Waals surface area (Å²) in [6.45, 7) is 9.36. The minimum Gasteiger partial charge on any atom is -0.458 e. The number of carbonyl (C=O) groups excluding carboxylic acids is 3. The zero-order chi connectivity index (χ0) is 24.3. The van der Waals surface area contributed by atoms with Crippen LogP contribution in [-0.2, 0) is 23.9 Å². The Morgan fingerprint density at radius 3 is 2.30 bits per heavy atom. The van der Waals surface area contributed by atoms with E-state index in [1.54, 1.807) is 13.0 Å². The topological polar surface area (TPSA) is 73.0 Å². The van der Waals surface area contributed by atoms with Crippen LogP contribution in [-0.4, -0.2) is 39.7 Å². The van der Waals surface area contributed by atoms with Gasteiger partial charge in [0.05, 0.1) is 11.7 Å². The molecule has 2 aliphatic carbocycles. The van der Waals surface area contributed by atoms with Crippen molar-refractivity contribution in [2.24, 2.45) is 41.4 Å². The molecule has 0 unspecified atom stereocenters. The fourth-order valence-corrected chi connectivity index (χ4v) is 6.77. The number of esters is 1. The summed E-state index contributed by atoms with van der Waals surface area (Å²) in [7, 11) is 0. The van der Waals surface area contributed by atoms with Crippen LogP contribution in [0, 0.1) is 41.4 Å². The number of alkyl halides is 2. The summed E-state index contributed by atoms with van der Waals surface area (Å²) in [6.07, 6.45) is 12.1. The number of halogens is 2. The van der Waals surface area contributed by atoms with Crippen molar-refractivity contribution in [3.8, 4) is 0 Å². The van der Waals surface area contributed by atoms with Crippen LogP contribution in [0.5, 0.6) is 0 Å². The van der Waals surface area contributed by atoms with E-state index in [1.807, 2.05) is 18.2 Å². The molecule has 0 radical (unpaired) electrons. The average Bonchev–Trinajstić information content (AvgIpc) is 3.45. The molecule has 1 saturated heterocycles. The number of hydrogen-bond acceptors (Lipinski definition) is 5. The summed E-state index contributed by atoms with van der Waals surface area (Å²) in [5, 5.41) is 0. The normalized spacial score (nSPS) is 49.1. The maximum Gasteiger partial charge on any atom is 0.316 e. The Hall–Kier alpha value is -1.43. The van der Waals surface area contributed by atoms with E-state index in [0.717, 1.165) is 6.42 Å². The van der Waals surface area contributed by atoms with Gasteiger partial charge in [-0.2, -0.15) is 0 Å². The summed E-state index contributed by atoms with van der Waals surface area (Å²) in [5.74, 6) is -3.95. The van der Waals surface area contributed by atoms with Crippen LogP contribution in [0.2, 0.25) is 0 Å². The van der Waals surface area contributed by atoms with Crippen LogP contribution in [0.3, 0.4) is 0 Å². The van der Waals surface area contributed by atoms with Crippen molar-refractivity contribution in [3.05, 3.63) is 36.5 Å². The van der Waals surface area contributed by atoms with E-state index >= 15 is 0 Å². The van der Waals surface area contributed by atoms with Crippen LogP contribution in [0.15, 0.2) is 36.5 Å². The van der Waals surface area contributed by atoms with Crippen molar-refractivity contribution < 1.29 is 23.9 Å². The second kappa shape index (κ2) is 8.66. The third-order valence-electron chi connectivity index (χ3n) is 8.06. The van der Waals surface area contributed by atoms with E-state index in [4.69, 9.17) is 32.7 Å². The van der Waals surface area contributed by atoms with Crippen molar-refractivity contribution in [3.63, 3.8) is 0 Å². The summed E-state index contributed by atoms with van der Waals surface area (Å²) >= 11 is 13.1. The van der Waals surface area contributed by atoms with E-state index < -0.39 is 39.8 Å². The highest BCUT2D eigenvalue weighted by atomic mass is 35.5. The third kappa shape index (κ3) is 4.26. The summed E-state index contributed by atoms with van der Waals surface area (Å²) in [5.41, 5.74) is -0.164. The average molecular weight is 495 g/mol. The monoisotopic (exact) mass is 494 g/mol. The quantitative estimate of drug-likeness (QED) is 0.158. The van der Waals surface area contributed by atoms with Crippen LogP contribution in [0.1, 0.15) is 41.0 Å². The first-order valence-corrected chi connectivity index (χ1v) is 12.5. The molecule has 7 heteroatoms. The fraction of sp³-hybridized carbons (Fsp3) is 0.654. The minimum absolute atomic E-state index is 0.00103. The van der Waals surface area contributed by atoms with Gasteiger partial charge < -0.3 is 9.47 Å². The number of cyclic esters (lactones) is 1. The number of hydrogen-bond donors (Lipinski definition) is 0. The first-order chi connectivity index (χ1) is 15.4. The van der Waals surface area contributed by atoms with Crippen molar-refractivity contribution >= 4 is 40.7 Å². The second-order valence-corrected chi connectivity index (χ2v) is 11.8. The maximum atomic E-state index is 14.0. The van der Waals surface area contributed by atoms with E-state index in [2.05, 4.69) is 32.9 Å². The van der Waals surface area contributed by atoms with E-state index in [1.165, 1.54) is 6.92 Å². The Kier molecular flexibility index (Phi) is 6.48. The highest BCUT2D eigenvalue weighted by molar-refractivity contribution is 6.68. The highest BCUT2D eigenvalue weighted by Crippen LogP contribution is 2.60. The van der Waals surface area contributed by atoms with Crippen molar-refractivity contribution in [2.75, 3.05) is 0 Å². The number of carbonyl (C=O) groups is 3. The molecule has 0 aromatic carbocycles. The summed E-state index contributed by atoms with van der Waals surface area (Å²) in [6, 6.07) is 0. The fourth-order valence-electron chi connectivity index (χ4n) is 6.19. The number of ether oxygens (including phenoxy) is 2. The smallest absolute Gasteiger partial charge is 0.316 e. The standard InChI is InChI=1S/C26H32Cl2O5/c1-13-8-6-7-9-14(2)32-24(31)16(4)21(29)26(27,28)22(30)20-18(13)11-10-17-12-25(5)23(33-25)15(3)19(17)20/h6-11,13-20,23H,12H2,1-5H3/b8-6-,9-7+/t13-,14+,15+,16+,17-,18+,19-,20-,23+,25-/m1/s1. The molecular formula is C26H32Cl2O5. The molecule has 0 bridgehead atoms. The lowest BCUT2D eigenvalue weighted by Crippen LogP contribution is -2.54. The number of fused-ring (bicyclic) bond motifs is 4. The van der Waals surface area contributed by atoms with Crippen molar-refractivity contribution in [2.45, 2.75) is 63.2 Å². The molecule has 33 heavy (non-hydrogen) atoms. The predicted molar refractivity (Wildman–Crippen MR) is 127 cm³/mol. The van der Waals surface area contributed by atoms with Crippen LogP contribution >= 0.6 is 23.2 Å². The lowest BCUT2D eigenvalue weighted by molar-refractivity contribution is -0.154. The Labute approximate surface area is 205 Å². The largest absolute Gasteiger partial charge is 0.458 e. The Balaban J connectivity index is 1.78. The van der Waals surface area contributed by atoms with Crippen molar-refractivity contribution in [1.82, 2.24) is 0 Å². The maximum absolute atomic E-state index is 14.0. The van der Waals surface area contributed by atoms with Crippen LogP contribution in [0.25, 0.3) is 0 Å². The lowest BCUT2D eigenvalue weighted by Gasteiger charge is -2.47. The van der Waals surface area contributed by atoms with E-state index in [-0.39, 0.29) is 41.3 Å². The first-order valence-electron chi connectivity index (χ1n) is 11.8. The first kappa shape index (κ1) is 24.7. The Morgan fingerprint density at radius 1 is 0.939 bits per heavy atom. The summed E-state index contributed by atoms with van der Waals surface area (Å²) in [4.78, 5) is 39.8. The minimum atomic E-state index is -2.34. The lowest BCUT2D eigenvalue weighted by atomic mass is 9.56. The molecule has 0 amide bonds. The molecule has 0 spiro atoms. The second-order valence-electron chi connectivity index (χ2n) is 10.4. The molecule has 1 saturated carbocycles. The number of ketones is 2. The molecule has 2 heterocycles. The zero-order valence-electron chi connectivity index (χ0n) is 19.7. The Bertz CT molecular complexity index is 937. The molecule has 10 atom stereocenters. The SMILES string of the molecule is C[C@@H]1C(=O)O[C@@H](C)/C=C/C=C\[C@@H](C)[C@@H]2C=C[C@@H]3C[C@@]4(C)O[C@H]4[C@@H](C)[C@H]3[C@@H]2C(=O)C(Cl)(Cl)C1=O. The summed E-state index contributed by atoms with van der Waals surface area (Å²) < 4.78 is 9.03. The van der Waals surface area contributed by atoms with Gasteiger partial charge in [-0.05, 0) is 62.9 Å². The molecule has 4 aliphatic rings. The van der Waals surface area contributed by atoms with Crippen molar-refractivity contribution in [1.29, 1.82) is 0 Å². The molecule has 4 rings (SSSR count). The van der Waals surface area contributed by atoms with Gasteiger partial charge in [0.15, 0.2) is 11.6 Å². The van der Waals surface area contributed by atoms with Gasteiger partial charge >= 0.3 is 5.97 Å². The van der Waals surface area contributed by atoms with Gasteiger partial charge in [-0.15, -0.1) is 0 Å². The molecule has 2 aliphatic heterocycles. The van der Waals surface area contributed by atoms with Gasteiger partial charge in [0, 0.05) is 5.92 Å². The van der Waals surface area contributed by atoms with Crippen LogP contribution < -0.4 is 0 Å². The van der Waals surface area contributed by atoms with Gasteiger partial charge in [-0.1, -0.05) is 67.4 Å². The third-order valence-corrected chi connectivity index (χ3v) is 8.80. The Morgan fingerprint density at radius 2 is 1.61 bits per heavy atom. The molecule has 0 aromatic rings. The van der Waals surface area contributed by atoms with Gasteiger partial charge in [-0.25, -0.2) is 0 Å². The molecule has 0 N–H and O–H groups in total. The van der Waals surface area contributed by atoms with E-state index in [9.17, 15) is 14.4 Å². The predicted octanol–water partition coefficient (Wildman–Crippen LogP) is 4.86. The van der Waals surface area contributed by atoms with Gasteiger partial charge in [0.2, 0.25) is 4.33 Å². The van der Waals surface area contributed by atoms with Gasteiger partial charge in [-0.3, -0.25) is 14.4 Å². The van der Waals surface area contributed by atoms with Crippen LogP contribution in [0.4, 0.5) is 0 Å². The molecule has 180 valence electrons.